The summed E-state index contributed by atoms with van der Waals surface area (Å²) in [7, 11) is 0. The molecule has 0 bridgehead atoms. The highest BCUT2D eigenvalue weighted by atomic mass is 32.1. The maximum atomic E-state index is 15.5. The highest BCUT2D eigenvalue weighted by Crippen LogP contribution is 2.42. The van der Waals surface area contributed by atoms with E-state index in [9.17, 15) is 5.11 Å². The number of pyridine rings is 1. The van der Waals surface area contributed by atoms with Gasteiger partial charge in [0.25, 0.3) is 0 Å². The van der Waals surface area contributed by atoms with E-state index in [0.717, 1.165) is 20.5 Å². The number of fused-ring (bicyclic) bond motifs is 1. The summed E-state index contributed by atoms with van der Waals surface area (Å²) >= 11 is 1.51. The Hall–Kier alpha value is -2.72. The molecule has 0 amide bonds. The van der Waals surface area contributed by atoms with Crippen molar-refractivity contribution in [2.75, 3.05) is 0 Å². The number of phenolic OH excluding ortho intramolecular Hbond substituents is 1. The number of rotatable bonds is 2. The summed E-state index contributed by atoms with van der Waals surface area (Å²) < 4.78 is 16.3. The van der Waals surface area contributed by atoms with Crippen LogP contribution in [0.2, 0.25) is 0 Å². The molecule has 0 spiro atoms. The number of hydrogen-bond donors (Lipinski definition) is 1. The summed E-state index contributed by atoms with van der Waals surface area (Å²) in [5.74, 6) is -0.243. The molecule has 4 aromatic rings. The second kappa shape index (κ2) is 6.71. The summed E-state index contributed by atoms with van der Waals surface area (Å²) in [5, 5.41) is 11.8. The number of benzene rings is 2. The predicted molar refractivity (Wildman–Crippen MR) is 116 cm³/mol. The van der Waals surface area contributed by atoms with Gasteiger partial charge >= 0.3 is 0 Å². The Morgan fingerprint density at radius 2 is 1.71 bits per heavy atom. The maximum Gasteiger partial charge on any atom is 0.141 e. The normalized spacial score (nSPS) is 11.9. The largest absolute Gasteiger partial charge is 0.506 e. The molecule has 0 fully saturated rings. The molecule has 2 aromatic carbocycles. The number of nitrogens with zero attached hydrogens (tertiary/aromatic N) is 1. The molecule has 0 atom stereocenters. The fraction of sp³-hybridized carbons (Fsp3) is 0.208. The lowest BCUT2D eigenvalue weighted by Crippen LogP contribution is -2.11. The van der Waals surface area contributed by atoms with Gasteiger partial charge in [-0.15, -0.1) is 11.3 Å². The molecule has 0 radical (unpaired) electrons. The molecule has 2 heterocycles. The number of thiophene rings is 1. The summed E-state index contributed by atoms with van der Waals surface area (Å²) in [5.41, 5.74) is 2.96. The van der Waals surface area contributed by atoms with Crippen molar-refractivity contribution in [2.24, 2.45) is 0 Å². The van der Waals surface area contributed by atoms with Gasteiger partial charge in [0.15, 0.2) is 0 Å². The van der Waals surface area contributed by atoms with E-state index in [1.165, 1.54) is 11.3 Å². The van der Waals surface area contributed by atoms with Crippen LogP contribution in [0, 0.1) is 12.7 Å². The van der Waals surface area contributed by atoms with Gasteiger partial charge in [0.2, 0.25) is 0 Å². The van der Waals surface area contributed by atoms with Crippen LogP contribution in [-0.2, 0) is 5.41 Å². The molecular weight excluding hydrogens is 369 g/mol. The molecular formula is C24H22FNOS. The van der Waals surface area contributed by atoms with Gasteiger partial charge in [-0.3, -0.25) is 4.98 Å². The Morgan fingerprint density at radius 3 is 2.46 bits per heavy atom. The van der Waals surface area contributed by atoms with Gasteiger partial charge in [0.1, 0.15) is 11.6 Å². The van der Waals surface area contributed by atoms with Gasteiger partial charge < -0.3 is 5.11 Å². The molecule has 4 heteroatoms. The molecule has 142 valence electrons. The van der Waals surface area contributed by atoms with Crippen LogP contribution in [0.25, 0.3) is 32.5 Å². The third-order valence-corrected chi connectivity index (χ3v) is 6.05. The van der Waals surface area contributed by atoms with E-state index in [4.69, 9.17) is 0 Å². The Kier molecular flexibility index (Phi) is 4.47. The zero-order valence-electron chi connectivity index (χ0n) is 16.4. The first-order valence-corrected chi connectivity index (χ1v) is 10.1. The SMILES string of the molecule is Cc1cc2ccc(-c3cccc(-c4cc(C(C)(C)C)ccn4)c3F)c(O)c2s1. The lowest BCUT2D eigenvalue weighted by Gasteiger charge is -2.19. The lowest BCUT2D eigenvalue weighted by atomic mass is 9.86. The third-order valence-electron chi connectivity index (χ3n) is 4.97. The van der Waals surface area contributed by atoms with Crippen molar-refractivity contribution in [1.29, 1.82) is 0 Å². The number of halogens is 1. The van der Waals surface area contributed by atoms with Gasteiger partial charge in [-0.2, -0.15) is 0 Å². The van der Waals surface area contributed by atoms with Crippen molar-refractivity contribution in [1.82, 2.24) is 4.98 Å². The molecule has 0 unspecified atom stereocenters. The van der Waals surface area contributed by atoms with Crippen molar-refractivity contribution < 1.29 is 9.50 Å². The van der Waals surface area contributed by atoms with Gasteiger partial charge in [-0.1, -0.05) is 39.0 Å². The van der Waals surface area contributed by atoms with Crippen LogP contribution in [0.3, 0.4) is 0 Å². The Morgan fingerprint density at radius 1 is 0.964 bits per heavy atom. The first-order chi connectivity index (χ1) is 13.3. The van der Waals surface area contributed by atoms with Gasteiger partial charge in [0.05, 0.1) is 10.4 Å². The number of aryl methyl sites for hydroxylation is 1. The van der Waals surface area contributed by atoms with E-state index in [1.54, 1.807) is 24.4 Å². The van der Waals surface area contributed by atoms with Crippen LogP contribution in [0.5, 0.6) is 5.75 Å². The molecule has 0 saturated carbocycles. The van der Waals surface area contributed by atoms with Gasteiger partial charge in [-0.05, 0) is 53.6 Å². The van der Waals surface area contributed by atoms with Crippen molar-refractivity contribution in [2.45, 2.75) is 33.1 Å². The van der Waals surface area contributed by atoms with E-state index >= 15 is 4.39 Å². The van der Waals surface area contributed by atoms with E-state index in [1.807, 2.05) is 37.3 Å². The van der Waals surface area contributed by atoms with E-state index in [-0.39, 0.29) is 17.0 Å². The predicted octanol–water partition coefficient (Wildman–Crippen LogP) is 7.08. The fourth-order valence-corrected chi connectivity index (χ4v) is 4.38. The average molecular weight is 392 g/mol. The summed E-state index contributed by atoms with van der Waals surface area (Å²) in [4.78, 5) is 5.51. The molecule has 0 aliphatic rings. The minimum atomic E-state index is -0.371. The molecule has 4 rings (SSSR count). The molecule has 0 aliphatic heterocycles. The van der Waals surface area contributed by atoms with Crippen LogP contribution in [0.1, 0.15) is 31.2 Å². The zero-order valence-corrected chi connectivity index (χ0v) is 17.2. The third kappa shape index (κ3) is 3.18. The summed E-state index contributed by atoms with van der Waals surface area (Å²) in [6, 6.07) is 14.9. The average Bonchev–Trinajstić information content (AvgIpc) is 3.03. The van der Waals surface area contributed by atoms with Gasteiger partial charge in [-0.25, -0.2) is 4.39 Å². The standard InChI is InChI=1S/C24H22FNOS/c1-14-12-15-8-9-18(22(27)23(15)28-14)17-6-5-7-19(21(17)25)20-13-16(10-11-26-20)24(2,3)4/h5-13,27H,1-4H3. The number of aromatic nitrogens is 1. The van der Waals surface area contributed by atoms with Gasteiger partial charge in [0, 0.05) is 27.8 Å². The van der Waals surface area contributed by atoms with Crippen LogP contribution in [0.15, 0.2) is 54.7 Å². The molecule has 28 heavy (non-hydrogen) atoms. The second-order valence-corrected chi connectivity index (χ2v) is 9.34. The maximum absolute atomic E-state index is 15.5. The van der Waals surface area contributed by atoms with Crippen LogP contribution >= 0.6 is 11.3 Å². The fourth-order valence-electron chi connectivity index (χ4n) is 3.42. The van der Waals surface area contributed by atoms with Crippen molar-refractivity contribution in [3.63, 3.8) is 0 Å². The topological polar surface area (TPSA) is 33.1 Å². The minimum absolute atomic E-state index is 0.0495. The number of phenols is 1. The van der Waals surface area contributed by atoms with E-state index in [0.29, 0.717) is 22.4 Å². The number of hydrogen-bond acceptors (Lipinski definition) is 3. The molecule has 2 aromatic heterocycles. The van der Waals surface area contributed by atoms with E-state index < -0.39 is 0 Å². The van der Waals surface area contributed by atoms with Crippen LogP contribution < -0.4 is 0 Å². The zero-order chi connectivity index (χ0) is 20.1. The lowest BCUT2D eigenvalue weighted by molar-refractivity contribution is 0.484. The second-order valence-electron chi connectivity index (χ2n) is 8.08. The number of aromatic hydroxyl groups is 1. The Balaban J connectivity index is 1.88. The monoisotopic (exact) mass is 391 g/mol. The summed E-state index contributed by atoms with van der Waals surface area (Å²) in [6.07, 6.45) is 1.72. The molecule has 0 saturated heterocycles. The van der Waals surface area contributed by atoms with Crippen molar-refractivity contribution >= 4 is 21.4 Å². The smallest absolute Gasteiger partial charge is 0.141 e. The Bertz CT molecular complexity index is 1190. The minimum Gasteiger partial charge on any atom is -0.506 e. The van der Waals surface area contributed by atoms with Crippen LogP contribution in [-0.4, -0.2) is 10.1 Å². The summed E-state index contributed by atoms with van der Waals surface area (Å²) in [6.45, 7) is 8.36. The van der Waals surface area contributed by atoms with Crippen molar-refractivity contribution in [3.05, 3.63) is 71.0 Å². The quantitative estimate of drug-likeness (QED) is 0.396. The van der Waals surface area contributed by atoms with Crippen molar-refractivity contribution in [3.8, 4) is 28.1 Å². The Labute approximate surface area is 168 Å². The first kappa shape index (κ1) is 18.6. The highest BCUT2D eigenvalue weighted by molar-refractivity contribution is 7.19. The molecule has 0 aliphatic carbocycles. The first-order valence-electron chi connectivity index (χ1n) is 9.23. The molecule has 2 nitrogen and oxygen atoms in total. The molecule has 1 N–H and O–H groups in total. The van der Waals surface area contributed by atoms with Crippen LogP contribution in [0.4, 0.5) is 4.39 Å². The van der Waals surface area contributed by atoms with E-state index in [2.05, 4.69) is 25.8 Å². The highest BCUT2D eigenvalue weighted by Gasteiger charge is 2.19.